The minimum absolute atomic E-state index is 0.632. The molecule has 0 saturated heterocycles. The van der Waals surface area contributed by atoms with Gasteiger partial charge in [-0.05, 0) is 12.1 Å². The summed E-state index contributed by atoms with van der Waals surface area (Å²) in [6, 6.07) is 3.64. The fourth-order valence-corrected chi connectivity index (χ4v) is 1.11. The van der Waals surface area contributed by atoms with E-state index < -0.39 is 0 Å². The molecule has 0 saturated carbocycles. The van der Waals surface area contributed by atoms with Gasteiger partial charge in [0.05, 0.1) is 12.0 Å². The average molecular weight is 163 g/mol. The number of hydrogen-bond donors (Lipinski definition) is 1. The van der Waals surface area contributed by atoms with Crippen LogP contribution in [0, 0.1) is 0 Å². The molecule has 62 valence electrons. The first kappa shape index (κ1) is 6.97. The third-order valence-corrected chi connectivity index (χ3v) is 1.61. The van der Waals surface area contributed by atoms with Crippen molar-refractivity contribution in [3.8, 4) is 11.5 Å². The van der Waals surface area contributed by atoms with Gasteiger partial charge in [-0.2, -0.15) is 5.10 Å². The Morgan fingerprint density at radius 1 is 1.58 bits per heavy atom. The number of furan rings is 1. The molecule has 2 N–H and O–H groups in total. The largest absolute Gasteiger partial charge is 0.463 e. The molecular weight excluding hydrogens is 154 g/mol. The number of hydrogen-bond acceptors (Lipinski definition) is 3. The summed E-state index contributed by atoms with van der Waals surface area (Å²) < 4.78 is 6.82. The summed E-state index contributed by atoms with van der Waals surface area (Å²) in [6.45, 7) is 0. The van der Waals surface area contributed by atoms with Crippen molar-refractivity contribution in [1.29, 1.82) is 0 Å². The summed E-state index contributed by atoms with van der Waals surface area (Å²) >= 11 is 0. The standard InChI is InChI=1S/C8H9N3O/c1-11-5-6(9)8(10-11)7-3-2-4-12-7/h2-5H,9H2,1H3. The molecule has 0 atom stereocenters. The van der Waals surface area contributed by atoms with Crippen LogP contribution >= 0.6 is 0 Å². The number of rotatable bonds is 1. The zero-order valence-electron chi connectivity index (χ0n) is 6.69. The molecular formula is C8H9N3O. The molecule has 0 aromatic carbocycles. The van der Waals surface area contributed by atoms with Crippen LogP contribution < -0.4 is 5.73 Å². The maximum Gasteiger partial charge on any atom is 0.156 e. The highest BCUT2D eigenvalue weighted by atomic mass is 16.3. The van der Waals surface area contributed by atoms with Crippen molar-refractivity contribution < 1.29 is 4.42 Å². The molecule has 0 aliphatic heterocycles. The zero-order valence-corrected chi connectivity index (χ0v) is 6.69. The van der Waals surface area contributed by atoms with Crippen molar-refractivity contribution in [2.75, 3.05) is 5.73 Å². The molecule has 12 heavy (non-hydrogen) atoms. The first-order valence-electron chi connectivity index (χ1n) is 3.60. The van der Waals surface area contributed by atoms with Gasteiger partial charge in [0, 0.05) is 13.2 Å². The molecule has 0 aliphatic rings. The fraction of sp³-hybridized carbons (Fsp3) is 0.125. The summed E-state index contributed by atoms with van der Waals surface area (Å²) in [5.74, 6) is 0.702. The lowest BCUT2D eigenvalue weighted by atomic mass is 10.3. The van der Waals surface area contributed by atoms with E-state index in [9.17, 15) is 0 Å². The lowest BCUT2D eigenvalue weighted by Crippen LogP contribution is -1.86. The van der Waals surface area contributed by atoms with Crippen LogP contribution in [0.4, 0.5) is 5.69 Å². The fourth-order valence-electron chi connectivity index (χ4n) is 1.11. The van der Waals surface area contributed by atoms with E-state index in [1.54, 1.807) is 17.1 Å². The molecule has 0 radical (unpaired) electrons. The highest BCUT2D eigenvalue weighted by Crippen LogP contribution is 2.23. The SMILES string of the molecule is Cn1cc(N)c(-c2ccco2)n1. The number of aryl methyl sites for hydroxylation is 1. The topological polar surface area (TPSA) is 57.0 Å². The van der Waals surface area contributed by atoms with E-state index in [2.05, 4.69) is 5.10 Å². The summed E-state index contributed by atoms with van der Waals surface area (Å²) in [6.07, 6.45) is 3.35. The van der Waals surface area contributed by atoms with Crippen LogP contribution in [-0.4, -0.2) is 9.78 Å². The lowest BCUT2D eigenvalue weighted by Gasteiger charge is -1.89. The molecule has 0 aliphatic carbocycles. The molecule has 4 heteroatoms. The Kier molecular flexibility index (Phi) is 1.40. The number of nitrogen functional groups attached to an aromatic ring is 1. The maximum absolute atomic E-state index is 5.69. The van der Waals surface area contributed by atoms with Crippen LogP contribution in [0.3, 0.4) is 0 Å². The quantitative estimate of drug-likeness (QED) is 0.688. The van der Waals surface area contributed by atoms with Crippen molar-refractivity contribution in [3.63, 3.8) is 0 Å². The third-order valence-electron chi connectivity index (χ3n) is 1.61. The highest BCUT2D eigenvalue weighted by Gasteiger charge is 2.08. The number of nitrogens with two attached hydrogens (primary N) is 1. The molecule has 0 spiro atoms. The third kappa shape index (κ3) is 0.972. The van der Waals surface area contributed by atoms with Crippen molar-refractivity contribution in [2.24, 2.45) is 7.05 Å². The molecule has 2 aromatic rings. The van der Waals surface area contributed by atoms with Crippen LogP contribution in [0.5, 0.6) is 0 Å². The van der Waals surface area contributed by atoms with Crippen LogP contribution in [0.2, 0.25) is 0 Å². The van der Waals surface area contributed by atoms with Gasteiger partial charge in [-0.25, -0.2) is 0 Å². The molecule has 4 nitrogen and oxygen atoms in total. The Balaban J connectivity index is 2.54. The van der Waals surface area contributed by atoms with Crippen LogP contribution in [-0.2, 0) is 7.05 Å². The minimum Gasteiger partial charge on any atom is -0.463 e. The first-order chi connectivity index (χ1) is 5.77. The van der Waals surface area contributed by atoms with Gasteiger partial charge in [-0.1, -0.05) is 0 Å². The Bertz CT molecular complexity index is 375. The van der Waals surface area contributed by atoms with Crippen LogP contribution in [0.15, 0.2) is 29.0 Å². The van der Waals surface area contributed by atoms with E-state index in [1.165, 1.54) is 0 Å². The van der Waals surface area contributed by atoms with Crippen molar-refractivity contribution in [2.45, 2.75) is 0 Å². The number of anilines is 1. The smallest absolute Gasteiger partial charge is 0.156 e. The summed E-state index contributed by atoms with van der Waals surface area (Å²) in [7, 11) is 1.82. The van der Waals surface area contributed by atoms with Gasteiger partial charge in [0.2, 0.25) is 0 Å². The summed E-state index contributed by atoms with van der Waals surface area (Å²) in [5.41, 5.74) is 7.02. The van der Waals surface area contributed by atoms with E-state index in [-0.39, 0.29) is 0 Å². The second-order valence-electron chi connectivity index (χ2n) is 2.58. The van der Waals surface area contributed by atoms with E-state index in [0.29, 0.717) is 17.1 Å². The Morgan fingerprint density at radius 3 is 2.92 bits per heavy atom. The van der Waals surface area contributed by atoms with Gasteiger partial charge in [-0.3, -0.25) is 4.68 Å². The van der Waals surface area contributed by atoms with E-state index in [4.69, 9.17) is 10.2 Å². The Labute approximate surface area is 69.6 Å². The summed E-state index contributed by atoms with van der Waals surface area (Å²) in [4.78, 5) is 0. The average Bonchev–Trinajstić information content (AvgIpc) is 2.58. The molecule has 0 bridgehead atoms. The van der Waals surface area contributed by atoms with Crippen molar-refractivity contribution in [3.05, 3.63) is 24.6 Å². The predicted molar refractivity (Wildman–Crippen MR) is 45.3 cm³/mol. The van der Waals surface area contributed by atoms with Gasteiger partial charge in [0.1, 0.15) is 0 Å². The predicted octanol–water partition coefficient (Wildman–Crippen LogP) is 1.26. The molecule has 0 amide bonds. The van der Waals surface area contributed by atoms with Crippen molar-refractivity contribution >= 4 is 5.69 Å². The minimum atomic E-state index is 0.632. The van der Waals surface area contributed by atoms with Gasteiger partial charge in [-0.15, -0.1) is 0 Å². The van der Waals surface area contributed by atoms with E-state index >= 15 is 0 Å². The monoisotopic (exact) mass is 163 g/mol. The Hall–Kier alpha value is -1.71. The maximum atomic E-state index is 5.69. The number of aromatic nitrogens is 2. The number of nitrogens with zero attached hydrogens (tertiary/aromatic N) is 2. The lowest BCUT2D eigenvalue weighted by molar-refractivity contribution is 0.578. The molecule has 2 heterocycles. The van der Waals surface area contributed by atoms with Gasteiger partial charge in [0.25, 0.3) is 0 Å². The van der Waals surface area contributed by atoms with Gasteiger partial charge >= 0.3 is 0 Å². The Morgan fingerprint density at radius 2 is 2.42 bits per heavy atom. The van der Waals surface area contributed by atoms with Crippen molar-refractivity contribution in [1.82, 2.24) is 9.78 Å². The van der Waals surface area contributed by atoms with E-state index in [1.807, 2.05) is 19.2 Å². The normalized spacial score (nSPS) is 10.4. The first-order valence-corrected chi connectivity index (χ1v) is 3.60. The van der Waals surface area contributed by atoms with Crippen LogP contribution in [0.25, 0.3) is 11.5 Å². The van der Waals surface area contributed by atoms with E-state index in [0.717, 1.165) is 0 Å². The molecule has 0 fully saturated rings. The summed E-state index contributed by atoms with van der Waals surface area (Å²) in [5, 5.41) is 4.15. The van der Waals surface area contributed by atoms with Crippen LogP contribution in [0.1, 0.15) is 0 Å². The second-order valence-corrected chi connectivity index (χ2v) is 2.58. The second kappa shape index (κ2) is 2.41. The zero-order chi connectivity index (χ0) is 8.55. The van der Waals surface area contributed by atoms with Gasteiger partial charge in [0.15, 0.2) is 11.5 Å². The molecule has 0 unspecified atom stereocenters. The molecule has 2 rings (SSSR count). The molecule has 2 aromatic heterocycles. The van der Waals surface area contributed by atoms with Gasteiger partial charge < -0.3 is 10.2 Å². The highest BCUT2D eigenvalue weighted by molar-refractivity contribution is 5.67.